The molecule has 0 aromatic carbocycles. The van der Waals surface area contributed by atoms with Crippen molar-refractivity contribution in [3.8, 4) is 0 Å². The van der Waals surface area contributed by atoms with E-state index in [4.69, 9.17) is 0 Å². The van der Waals surface area contributed by atoms with Crippen LogP contribution in [0.5, 0.6) is 0 Å². The second-order valence-corrected chi connectivity index (χ2v) is 5.42. The number of nitrogens with one attached hydrogen (secondary N) is 1. The summed E-state index contributed by atoms with van der Waals surface area (Å²) in [6, 6.07) is 1.78. The van der Waals surface area contributed by atoms with Crippen LogP contribution in [0, 0.1) is 0 Å². The van der Waals surface area contributed by atoms with Crippen molar-refractivity contribution in [3.63, 3.8) is 0 Å². The largest absolute Gasteiger partial charge is 0.352 e. The Hall–Kier alpha value is -1.16. The molecule has 0 radical (unpaired) electrons. The molecule has 1 aliphatic rings. The van der Waals surface area contributed by atoms with Crippen molar-refractivity contribution in [1.29, 1.82) is 0 Å². The van der Waals surface area contributed by atoms with Crippen LogP contribution >= 0.6 is 15.9 Å². The van der Waals surface area contributed by atoms with E-state index >= 15 is 0 Å². The number of aromatic nitrogens is 1. The van der Waals surface area contributed by atoms with Crippen molar-refractivity contribution >= 4 is 21.8 Å². The second-order valence-electron chi connectivity index (χ2n) is 4.51. The van der Waals surface area contributed by atoms with E-state index in [0.717, 1.165) is 10.9 Å². The van der Waals surface area contributed by atoms with Gasteiger partial charge in [0.15, 0.2) is 0 Å². The van der Waals surface area contributed by atoms with Crippen LogP contribution in [0.3, 0.4) is 0 Å². The Morgan fingerprint density at radius 2 is 2.28 bits per heavy atom. The number of halogens is 1. The summed E-state index contributed by atoms with van der Waals surface area (Å²) in [6.07, 6.45) is 11.5. The number of hydrogen-bond donors (Lipinski definition) is 1. The molecule has 1 aliphatic carbocycles. The number of nitrogens with zero attached hydrogens (tertiary/aromatic N) is 1. The first kappa shape index (κ1) is 13.3. The zero-order chi connectivity index (χ0) is 12.8. The molecule has 1 aromatic rings. The first-order valence-electron chi connectivity index (χ1n) is 6.32. The van der Waals surface area contributed by atoms with Crippen LogP contribution in [-0.2, 0) is 0 Å². The predicted molar refractivity (Wildman–Crippen MR) is 75.4 cm³/mol. The van der Waals surface area contributed by atoms with Crippen LogP contribution in [0.25, 0.3) is 0 Å². The third-order valence-electron chi connectivity index (χ3n) is 3.08. The van der Waals surface area contributed by atoms with Gasteiger partial charge in [-0.05, 0) is 54.1 Å². The smallest absolute Gasteiger partial charge is 0.252 e. The zero-order valence-electron chi connectivity index (χ0n) is 10.3. The maximum Gasteiger partial charge on any atom is 0.252 e. The molecule has 0 saturated carbocycles. The summed E-state index contributed by atoms with van der Waals surface area (Å²) in [4.78, 5) is 15.8. The monoisotopic (exact) mass is 308 g/mol. The molecule has 1 heterocycles. The Kier molecular flexibility index (Phi) is 4.93. The number of carbonyl (C=O) groups is 1. The van der Waals surface area contributed by atoms with Crippen LogP contribution in [0.1, 0.15) is 42.5 Å². The lowest BCUT2D eigenvalue weighted by atomic mass is 9.97. The minimum Gasteiger partial charge on any atom is -0.352 e. The van der Waals surface area contributed by atoms with Crippen molar-refractivity contribution in [2.75, 3.05) is 6.54 Å². The number of amides is 1. The van der Waals surface area contributed by atoms with Crippen molar-refractivity contribution in [2.24, 2.45) is 0 Å². The average molecular weight is 309 g/mol. The van der Waals surface area contributed by atoms with E-state index in [-0.39, 0.29) is 5.91 Å². The van der Waals surface area contributed by atoms with Crippen LogP contribution in [0.2, 0.25) is 0 Å². The third-order valence-corrected chi connectivity index (χ3v) is 3.52. The molecule has 4 heteroatoms. The van der Waals surface area contributed by atoms with Gasteiger partial charge in [0.1, 0.15) is 0 Å². The lowest BCUT2D eigenvalue weighted by molar-refractivity contribution is 0.0953. The Bertz CT molecular complexity index is 457. The van der Waals surface area contributed by atoms with E-state index in [2.05, 4.69) is 32.3 Å². The summed E-state index contributed by atoms with van der Waals surface area (Å²) >= 11 is 3.31. The average Bonchev–Trinajstić information content (AvgIpc) is 2.40. The highest BCUT2D eigenvalue weighted by Gasteiger charge is 2.07. The molecule has 0 saturated heterocycles. The van der Waals surface area contributed by atoms with Gasteiger partial charge in [0.05, 0.1) is 5.56 Å². The SMILES string of the molecule is O=C(NCCC1=CCCCC1)c1cncc(Br)c1. The molecule has 96 valence electrons. The lowest BCUT2D eigenvalue weighted by Crippen LogP contribution is -2.25. The van der Waals surface area contributed by atoms with Gasteiger partial charge in [-0.2, -0.15) is 0 Å². The van der Waals surface area contributed by atoms with Crippen LogP contribution in [-0.4, -0.2) is 17.4 Å². The quantitative estimate of drug-likeness (QED) is 0.865. The molecule has 1 N–H and O–H groups in total. The topological polar surface area (TPSA) is 42.0 Å². The van der Waals surface area contributed by atoms with Crippen molar-refractivity contribution in [1.82, 2.24) is 10.3 Å². The summed E-state index contributed by atoms with van der Waals surface area (Å²) in [5.74, 6) is -0.0554. The summed E-state index contributed by atoms with van der Waals surface area (Å²) < 4.78 is 0.824. The van der Waals surface area contributed by atoms with Crippen molar-refractivity contribution in [2.45, 2.75) is 32.1 Å². The maximum absolute atomic E-state index is 11.8. The summed E-state index contributed by atoms with van der Waals surface area (Å²) in [6.45, 7) is 0.706. The molecule has 0 atom stereocenters. The fourth-order valence-corrected chi connectivity index (χ4v) is 2.47. The van der Waals surface area contributed by atoms with Gasteiger partial charge in [0.2, 0.25) is 0 Å². The molecule has 3 nitrogen and oxygen atoms in total. The number of allylic oxidation sites excluding steroid dienone is 1. The summed E-state index contributed by atoms with van der Waals surface area (Å²) in [7, 11) is 0. The molecule has 1 aromatic heterocycles. The van der Waals surface area contributed by atoms with E-state index < -0.39 is 0 Å². The lowest BCUT2D eigenvalue weighted by Gasteiger charge is -2.12. The Morgan fingerprint density at radius 3 is 3.00 bits per heavy atom. The predicted octanol–water partition coefficient (Wildman–Crippen LogP) is 3.46. The van der Waals surface area contributed by atoms with Gasteiger partial charge in [-0.1, -0.05) is 11.6 Å². The van der Waals surface area contributed by atoms with Crippen LogP contribution in [0.4, 0.5) is 0 Å². The van der Waals surface area contributed by atoms with E-state index in [1.165, 1.54) is 31.3 Å². The highest BCUT2D eigenvalue weighted by atomic mass is 79.9. The van der Waals surface area contributed by atoms with Gasteiger partial charge in [0, 0.05) is 23.4 Å². The Morgan fingerprint density at radius 1 is 1.39 bits per heavy atom. The Balaban J connectivity index is 1.79. The Labute approximate surface area is 116 Å². The molecule has 18 heavy (non-hydrogen) atoms. The summed E-state index contributed by atoms with van der Waals surface area (Å²) in [5.41, 5.74) is 2.08. The van der Waals surface area contributed by atoms with Gasteiger partial charge in [-0.3, -0.25) is 9.78 Å². The number of pyridine rings is 1. The van der Waals surface area contributed by atoms with E-state index in [1.54, 1.807) is 18.5 Å². The molecule has 0 spiro atoms. The molecule has 0 fully saturated rings. The van der Waals surface area contributed by atoms with E-state index in [0.29, 0.717) is 12.1 Å². The highest BCUT2D eigenvalue weighted by molar-refractivity contribution is 9.10. The molecule has 0 unspecified atom stereocenters. The fourth-order valence-electron chi connectivity index (χ4n) is 2.11. The number of carbonyl (C=O) groups excluding carboxylic acids is 1. The minimum absolute atomic E-state index is 0.0554. The van der Waals surface area contributed by atoms with Gasteiger partial charge in [-0.15, -0.1) is 0 Å². The van der Waals surface area contributed by atoms with E-state index in [1.807, 2.05) is 0 Å². The fraction of sp³-hybridized carbons (Fsp3) is 0.429. The van der Waals surface area contributed by atoms with Crippen molar-refractivity contribution < 1.29 is 4.79 Å². The molecule has 2 rings (SSSR count). The molecular weight excluding hydrogens is 292 g/mol. The van der Waals surface area contributed by atoms with Crippen LogP contribution < -0.4 is 5.32 Å². The molecular formula is C14H17BrN2O. The third kappa shape index (κ3) is 3.95. The molecule has 0 bridgehead atoms. The standard InChI is InChI=1S/C14H17BrN2O/c15-13-8-12(9-16-10-13)14(18)17-7-6-11-4-2-1-3-5-11/h4,8-10H,1-3,5-7H2,(H,17,18). The number of hydrogen-bond acceptors (Lipinski definition) is 2. The van der Waals surface area contributed by atoms with E-state index in [9.17, 15) is 4.79 Å². The summed E-state index contributed by atoms with van der Waals surface area (Å²) in [5, 5.41) is 2.93. The van der Waals surface area contributed by atoms with Gasteiger partial charge >= 0.3 is 0 Å². The maximum atomic E-state index is 11.8. The minimum atomic E-state index is -0.0554. The second kappa shape index (κ2) is 6.69. The normalized spacial score (nSPS) is 15.1. The van der Waals surface area contributed by atoms with Crippen molar-refractivity contribution in [3.05, 3.63) is 40.1 Å². The molecule has 1 amide bonds. The highest BCUT2D eigenvalue weighted by Crippen LogP contribution is 2.19. The van der Waals surface area contributed by atoms with Gasteiger partial charge in [0.25, 0.3) is 5.91 Å². The van der Waals surface area contributed by atoms with Gasteiger partial charge in [-0.25, -0.2) is 0 Å². The first-order chi connectivity index (χ1) is 8.75. The van der Waals surface area contributed by atoms with Gasteiger partial charge < -0.3 is 5.32 Å². The van der Waals surface area contributed by atoms with Crippen LogP contribution in [0.15, 0.2) is 34.6 Å². The molecule has 0 aliphatic heterocycles. The first-order valence-corrected chi connectivity index (χ1v) is 7.11. The zero-order valence-corrected chi connectivity index (χ0v) is 11.9. The number of rotatable bonds is 4.